The van der Waals surface area contributed by atoms with Crippen LogP contribution in [0, 0.1) is 6.92 Å². The van der Waals surface area contributed by atoms with E-state index in [4.69, 9.17) is 0 Å². The quantitative estimate of drug-likeness (QED) is 0.265. The summed E-state index contributed by atoms with van der Waals surface area (Å²) < 4.78 is 0. The Hall–Kier alpha value is -1.88. The molecule has 28 heavy (non-hydrogen) atoms. The summed E-state index contributed by atoms with van der Waals surface area (Å²) in [6, 6.07) is 3.20. The molecular formula is C23H36N2O2S. The van der Waals surface area contributed by atoms with Crippen LogP contribution in [0.5, 0.6) is 0 Å². The minimum atomic E-state index is -0.825. The molecule has 0 saturated carbocycles. The average molecular weight is 405 g/mol. The first-order valence-electron chi connectivity index (χ1n) is 9.95. The maximum atomic E-state index is 11.4. The van der Waals surface area contributed by atoms with Gasteiger partial charge in [-0.25, -0.2) is 4.79 Å². The fraction of sp³-hybridized carbons (Fsp3) is 0.522. The van der Waals surface area contributed by atoms with Gasteiger partial charge in [-0.2, -0.15) is 11.8 Å². The van der Waals surface area contributed by atoms with E-state index in [1.54, 1.807) is 11.8 Å². The van der Waals surface area contributed by atoms with E-state index in [9.17, 15) is 9.90 Å². The van der Waals surface area contributed by atoms with Crippen LogP contribution in [-0.2, 0) is 4.79 Å². The lowest BCUT2D eigenvalue weighted by Crippen LogP contribution is -2.31. The van der Waals surface area contributed by atoms with Crippen molar-refractivity contribution in [1.82, 2.24) is 4.98 Å². The fourth-order valence-electron chi connectivity index (χ4n) is 2.68. The number of aliphatic carboxylic acids is 1. The molecule has 0 fully saturated rings. The van der Waals surface area contributed by atoms with Crippen molar-refractivity contribution < 1.29 is 9.90 Å². The molecule has 1 aromatic heterocycles. The van der Waals surface area contributed by atoms with Crippen LogP contribution in [-0.4, -0.2) is 33.6 Å². The largest absolute Gasteiger partial charge is 0.480 e. The van der Waals surface area contributed by atoms with Crippen LogP contribution in [0.2, 0.25) is 0 Å². The monoisotopic (exact) mass is 404 g/mol. The zero-order valence-electron chi connectivity index (χ0n) is 18.0. The Morgan fingerprint density at radius 3 is 2.32 bits per heavy atom. The number of H-pyrrole nitrogens is 1. The first-order valence-corrected chi connectivity index (χ1v) is 11.1. The first-order chi connectivity index (χ1) is 13.3. The van der Waals surface area contributed by atoms with Crippen molar-refractivity contribution in [2.24, 2.45) is 0 Å². The van der Waals surface area contributed by atoms with Gasteiger partial charge in [-0.05, 0) is 72.4 Å². The molecule has 0 bridgehead atoms. The van der Waals surface area contributed by atoms with Gasteiger partial charge in [0.05, 0.1) is 0 Å². The number of aromatic amines is 1. The zero-order valence-corrected chi connectivity index (χ0v) is 18.8. The van der Waals surface area contributed by atoms with Crippen molar-refractivity contribution in [3.8, 4) is 0 Å². The van der Waals surface area contributed by atoms with Crippen LogP contribution < -0.4 is 5.32 Å². The average Bonchev–Trinajstić information content (AvgIpc) is 3.02. The predicted octanol–water partition coefficient (Wildman–Crippen LogP) is 6.34. The number of aryl methyl sites for hydroxylation is 1. The van der Waals surface area contributed by atoms with Gasteiger partial charge in [0, 0.05) is 17.2 Å². The van der Waals surface area contributed by atoms with Gasteiger partial charge in [-0.15, -0.1) is 0 Å². The lowest BCUT2D eigenvalue weighted by atomic mass is 10.1. The molecular weight excluding hydrogens is 368 g/mol. The van der Waals surface area contributed by atoms with Crippen LogP contribution in [0.1, 0.15) is 59.1 Å². The maximum Gasteiger partial charge on any atom is 0.327 e. The van der Waals surface area contributed by atoms with E-state index < -0.39 is 12.0 Å². The molecule has 0 aromatic carbocycles. The molecule has 4 nitrogen and oxygen atoms in total. The van der Waals surface area contributed by atoms with Crippen molar-refractivity contribution in [3.05, 3.63) is 52.8 Å². The summed E-state index contributed by atoms with van der Waals surface area (Å²) in [5.74, 6) is 1.29. The Morgan fingerprint density at radius 2 is 1.75 bits per heavy atom. The van der Waals surface area contributed by atoms with E-state index in [2.05, 4.69) is 56.2 Å². The minimum absolute atomic E-state index is 0.528. The Kier molecular flexibility index (Phi) is 11.5. The number of thioether (sulfide) groups is 1. The standard InChI is InChI=1S/C23H36N2O2S/c1-17(2)8-6-9-18(3)10-7-11-19(4)14-15-28-16-21(23(26)27)25-22-13-12-20(5)24-22/h8,10,12-14,21,24-25H,6-7,9,11,15-16H2,1-5H3,(H,26,27)/b18-10+,19-14+. The van der Waals surface area contributed by atoms with Crippen LogP contribution in [0.25, 0.3) is 0 Å². The Bertz CT molecular complexity index is 697. The normalized spacial score (nSPS) is 13.3. The molecule has 0 aliphatic carbocycles. The van der Waals surface area contributed by atoms with E-state index in [0.29, 0.717) is 5.75 Å². The highest BCUT2D eigenvalue weighted by molar-refractivity contribution is 7.99. The van der Waals surface area contributed by atoms with E-state index in [-0.39, 0.29) is 0 Å². The van der Waals surface area contributed by atoms with Crippen molar-refractivity contribution >= 4 is 23.5 Å². The van der Waals surface area contributed by atoms with Crippen molar-refractivity contribution in [3.63, 3.8) is 0 Å². The molecule has 0 aliphatic rings. The van der Waals surface area contributed by atoms with Crippen LogP contribution in [0.15, 0.2) is 47.1 Å². The summed E-state index contributed by atoms with van der Waals surface area (Å²) in [4.78, 5) is 14.6. The van der Waals surface area contributed by atoms with Crippen molar-refractivity contribution in [2.75, 3.05) is 16.8 Å². The second kappa shape index (κ2) is 13.3. The Morgan fingerprint density at radius 1 is 1.11 bits per heavy atom. The van der Waals surface area contributed by atoms with Gasteiger partial charge in [0.2, 0.25) is 0 Å². The SMILES string of the molecule is CC(C)=CCC/C(C)=C/CC/C(C)=C/CSCC(Nc1ccc(C)[nH]1)C(=O)O. The molecule has 1 atom stereocenters. The van der Waals surface area contributed by atoms with Gasteiger partial charge in [0.1, 0.15) is 11.9 Å². The molecule has 1 aromatic rings. The number of hydrogen-bond acceptors (Lipinski definition) is 3. The summed E-state index contributed by atoms with van der Waals surface area (Å²) in [5.41, 5.74) is 5.21. The minimum Gasteiger partial charge on any atom is -0.480 e. The molecule has 156 valence electrons. The summed E-state index contributed by atoms with van der Waals surface area (Å²) in [7, 11) is 0. The Labute approximate surface area is 174 Å². The van der Waals surface area contributed by atoms with Gasteiger partial charge in [0.25, 0.3) is 0 Å². The van der Waals surface area contributed by atoms with Gasteiger partial charge in [-0.1, -0.05) is 34.9 Å². The zero-order chi connectivity index (χ0) is 20.9. The first kappa shape index (κ1) is 24.2. The summed E-state index contributed by atoms with van der Waals surface area (Å²) in [6.07, 6.45) is 11.2. The highest BCUT2D eigenvalue weighted by atomic mass is 32.2. The molecule has 1 heterocycles. The number of carboxylic acids is 1. The van der Waals surface area contributed by atoms with Gasteiger partial charge in [0.15, 0.2) is 0 Å². The third-order valence-electron chi connectivity index (χ3n) is 4.42. The number of nitrogens with one attached hydrogen (secondary N) is 2. The molecule has 0 saturated heterocycles. The number of carbonyl (C=O) groups is 1. The molecule has 0 amide bonds. The van der Waals surface area contributed by atoms with Crippen LogP contribution in [0.4, 0.5) is 5.82 Å². The highest BCUT2D eigenvalue weighted by Crippen LogP contribution is 2.14. The molecule has 0 aliphatic heterocycles. The summed E-state index contributed by atoms with van der Waals surface area (Å²) >= 11 is 1.64. The summed E-state index contributed by atoms with van der Waals surface area (Å²) in [6.45, 7) is 10.6. The fourth-order valence-corrected chi connectivity index (χ4v) is 3.68. The molecule has 0 spiro atoms. The predicted molar refractivity (Wildman–Crippen MR) is 123 cm³/mol. The van der Waals surface area contributed by atoms with E-state index in [1.807, 2.05) is 19.1 Å². The smallest absolute Gasteiger partial charge is 0.327 e. The third-order valence-corrected chi connectivity index (χ3v) is 5.39. The Balaban J connectivity index is 2.30. The number of carboxylic acid groups (broad SMARTS) is 1. The molecule has 1 unspecified atom stereocenters. The van der Waals surface area contributed by atoms with E-state index in [1.165, 1.54) is 16.7 Å². The van der Waals surface area contributed by atoms with Crippen LogP contribution >= 0.6 is 11.8 Å². The third kappa shape index (κ3) is 11.1. The van der Waals surface area contributed by atoms with Gasteiger partial charge >= 0.3 is 5.97 Å². The number of hydrogen-bond donors (Lipinski definition) is 3. The van der Waals surface area contributed by atoms with Gasteiger partial charge < -0.3 is 15.4 Å². The van der Waals surface area contributed by atoms with E-state index in [0.717, 1.165) is 42.9 Å². The van der Waals surface area contributed by atoms with E-state index >= 15 is 0 Å². The van der Waals surface area contributed by atoms with Gasteiger partial charge in [-0.3, -0.25) is 0 Å². The molecule has 3 N–H and O–H groups in total. The maximum absolute atomic E-state index is 11.4. The number of anilines is 1. The summed E-state index contributed by atoms with van der Waals surface area (Å²) in [5, 5.41) is 12.4. The van der Waals surface area contributed by atoms with Crippen molar-refractivity contribution in [1.29, 1.82) is 0 Å². The second-order valence-corrected chi connectivity index (χ2v) is 8.66. The lowest BCUT2D eigenvalue weighted by molar-refractivity contribution is -0.137. The number of aromatic nitrogens is 1. The molecule has 1 rings (SSSR count). The highest BCUT2D eigenvalue weighted by Gasteiger charge is 2.17. The molecule has 5 heteroatoms. The lowest BCUT2D eigenvalue weighted by Gasteiger charge is -2.13. The number of allylic oxidation sites excluding steroid dienone is 5. The van der Waals surface area contributed by atoms with Crippen LogP contribution in [0.3, 0.4) is 0 Å². The van der Waals surface area contributed by atoms with Crippen molar-refractivity contribution in [2.45, 2.75) is 66.3 Å². The topological polar surface area (TPSA) is 65.1 Å². The molecule has 0 radical (unpaired) electrons. The second-order valence-electron chi connectivity index (χ2n) is 7.59. The number of rotatable bonds is 13.